The summed E-state index contributed by atoms with van der Waals surface area (Å²) in [6.07, 6.45) is 9.16. The van der Waals surface area contributed by atoms with Crippen LogP contribution in [-0.4, -0.2) is 4.57 Å². The van der Waals surface area contributed by atoms with E-state index in [1.807, 2.05) is 13.0 Å². The van der Waals surface area contributed by atoms with Crippen molar-refractivity contribution >= 4 is 5.57 Å². The average Bonchev–Trinajstić information content (AvgIpc) is 2.58. The third-order valence-corrected chi connectivity index (χ3v) is 2.88. The number of hydrogen-bond acceptors (Lipinski definition) is 0. The Morgan fingerprint density at radius 2 is 2.00 bits per heavy atom. The first-order valence-electron chi connectivity index (χ1n) is 6.49. The van der Waals surface area contributed by atoms with Crippen LogP contribution in [0.2, 0.25) is 0 Å². The van der Waals surface area contributed by atoms with E-state index in [1.165, 1.54) is 17.0 Å². The molecule has 98 valence electrons. The van der Waals surface area contributed by atoms with E-state index >= 15 is 0 Å². The van der Waals surface area contributed by atoms with Gasteiger partial charge in [-0.25, -0.2) is 0 Å². The molecule has 0 amide bonds. The summed E-state index contributed by atoms with van der Waals surface area (Å²) in [5.41, 5.74) is 4.13. The van der Waals surface area contributed by atoms with Gasteiger partial charge < -0.3 is 4.57 Å². The molecular formula is C17H25N. The second-order valence-electron chi connectivity index (χ2n) is 5.86. The van der Waals surface area contributed by atoms with E-state index in [2.05, 4.69) is 69.3 Å². The zero-order chi connectivity index (χ0) is 13.8. The summed E-state index contributed by atoms with van der Waals surface area (Å²) in [5, 5.41) is 0. The number of rotatable bonds is 4. The standard InChI is InChI=1S/C17H25N/c1-7-9-14(10-8-2)16-12-11-15(18(16)6)13-17(3,4)5/h7-12H,1,13H2,2-6H3/b10-8-,14-9+. The summed E-state index contributed by atoms with van der Waals surface area (Å²) in [6, 6.07) is 4.41. The van der Waals surface area contributed by atoms with Crippen LogP contribution in [0.1, 0.15) is 39.1 Å². The van der Waals surface area contributed by atoms with Crippen LogP contribution in [0.4, 0.5) is 0 Å². The van der Waals surface area contributed by atoms with Crippen LogP contribution in [0.5, 0.6) is 0 Å². The summed E-state index contributed by atoms with van der Waals surface area (Å²) in [7, 11) is 2.14. The number of hydrogen-bond donors (Lipinski definition) is 0. The molecule has 0 saturated heterocycles. The minimum absolute atomic E-state index is 0.312. The molecule has 0 aromatic carbocycles. The van der Waals surface area contributed by atoms with E-state index in [-0.39, 0.29) is 0 Å². The van der Waals surface area contributed by atoms with Gasteiger partial charge in [-0.1, -0.05) is 51.7 Å². The third kappa shape index (κ3) is 3.76. The van der Waals surface area contributed by atoms with Crippen LogP contribution in [0.25, 0.3) is 5.57 Å². The molecular weight excluding hydrogens is 218 g/mol. The lowest BCUT2D eigenvalue weighted by molar-refractivity contribution is 0.401. The molecule has 1 heteroatoms. The molecule has 0 spiro atoms. The third-order valence-electron chi connectivity index (χ3n) is 2.88. The molecule has 18 heavy (non-hydrogen) atoms. The van der Waals surface area contributed by atoms with Crippen LogP contribution in [-0.2, 0) is 13.5 Å². The Hall–Kier alpha value is -1.50. The second kappa shape index (κ2) is 5.90. The molecule has 0 aliphatic carbocycles. The normalized spacial score (nSPS) is 13.3. The Balaban J connectivity index is 3.12. The van der Waals surface area contributed by atoms with Crippen molar-refractivity contribution in [3.05, 3.63) is 54.4 Å². The van der Waals surface area contributed by atoms with Crippen LogP contribution in [0.3, 0.4) is 0 Å². The highest BCUT2D eigenvalue weighted by Gasteiger charge is 2.15. The fourth-order valence-electron chi connectivity index (χ4n) is 2.10. The zero-order valence-electron chi connectivity index (χ0n) is 12.3. The Morgan fingerprint density at radius 3 is 2.50 bits per heavy atom. The van der Waals surface area contributed by atoms with E-state index in [9.17, 15) is 0 Å². The summed E-state index contributed by atoms with van der Waals surface area (Å²) in [6.45, 7) is 12.6. The monoisotopic (exact) mass is 243 g/mol. The molecule has 0 unspecified atom stereocenters. The van der Waals surface area contributed by atoms with Gasteiger partial charge in [-0.2, -0.15) is 0 Å². The minimum atomic E-state index is 0.312. The van der Waals surface area contributed by atoms with E-state index in [0.717, 1.165) is 6.42 Å². The summed E-state index contributed by atoms with van der Waals surface area (Å²) in [5.74, 6) is 0. The Kier molecular flexibility index (Phi) is 4.77. The maximum atomic E-state index is 3.78. The van der Waals surface area contributed by atoms with Gasteiger partial charge in [0, 0.05) is 18.4 Å². The Labute approximate surface area is 112 Å². The molecule has 1 rings (SSSR count). The van der Waals surface area contributed by atoms with Gasteiger partial charge in [0.05, 0.1) is 0 Å². The van der Waals surface area contributed by atoms with E-state index in [1.54, 1.807) is 0 Å². The van der Waals surface area contributed by atoms with Crippen molar-refractivity contribution in [2.24, 2.45) is 12.5 Å². The van der Waals surface area contributed by atoms with E-state index < -0.39 is 0 Å². The Morgan fingerprint density at radius 1 is 1.33 bits per heavy atom. The predicted octanol–water partition coefficient (Wildman–Crippen LogP) is 4.76. The fraction of sp³-hybridized carbons (Fsp3) is 0.412. The molecule has 1 heterocycles. The highest BCUT2D eigenvalue weighted by Crippen LogP contribution is 2.25. The second-order valence-corrected chi connectivity index (χ2v) is 5.86. The van der Waals surface area contributed by atoms with Crippen molar-refractivity contribution in [1.82, 2.24) is 4.57 Å². The van der Waals surface area contributed by atoms with Crippen molar-refractivity contribution in [3.63, 3.8) is 0 Å². The predicted molar refractivity (Wildman–Crippen MR) is 81.6 cm³/mol. The van der Waals surface area contributed by atoms with Gasteiger partial charge in [-0.15, -0.1) is 0 Å². The van der Waals surface area contributed by atoms with Crippen molar-refractivity contribution in [1.29, 1.82) is 0 Å². The SMILES string of the molecule is C=C/C=C(\C=C/C)c1ccc(CC(C)(C)C)n1C. The number of nitrogens with zero attached hydrogens (tertiary/aromatic N) is 1. The molecule has 1 aromatic heterocycles. The summed E-state index contributed by atoms with van der Waals surface area (Å²) in [4.78, 5) is 0. The first-order valence-corrected chi connectivity index (χ1v) is 6.49. The molecule has 0 fully saturated rings. The van der Waals surface area contributed by atoms with E-state index in [4.69, 9.17) is 0 Å². The van der Waals surface area contributed by atoms with Crippen molar-refractivity contribution < 1.29 is 0 Å². The topological polar surface area (TPSA) is 4.93 Å². The van der Waals surface area contributed by atoms with Gasteiger partial charge in [-0.3, -0.25) is 0 Å². The van der Waals surface area contributed by atoms with Crippen LogP contribution < -0.4 is 0 Å². The first kappa shape index (κ1) is 14.6. The highest BCUT2D eigenvalue weighted by atomic mass is 15.0. The lowest BCUT2D eigenvalue weighted by atomic mass is 9.90. The minimum Gasteiger partial charge on any atom is -0.348 e. The Bertz CT molecular complexity index is 464. The van der Waals surface area contributed by atoms with Crippen LogP contribution >= 0.6 is 0 Å². The van der Waals surface area contributed by atoms with Gasteiger partial charge >= 0.3 is 0 Å². The summed E-state index contributed by atoms with van der Waals surface area (Å²) >= 11 is 0. The largest absolute Gasteiger partial charge is 0.348 e. The van der Waals surface area contributed by atoms with Crippen molar-refractivity contribution in [2.45, 2.75) is 34.1 Å². The van der Waals surface area contributed by atoms with Crippen LogP contribution in [0.15, 0.2) is 43.0 Å². The summed E-state index contributed by atoms with van der Waals surface area (Å²) < 4.78 is 2.28. The van der Waals surface area contributed by atoms with Gasteiger partial charge in [0.1, 0.15) is 0 Å². The molecule has 0 radical (unpaired) electrons. The van der Waals surface area contributed by atoms with Gasteiger partial charge in [-0.05, 0) is 36.5 Å². The molecule has 0 N–H and O–H groups in total. The van der Waals surface area contributed by atoms with Crippen molar-refractivity contribution in [2.75, 3.05) is 0 Å². The molecule has 0 saturated carbocycles. The smallest absolute Gasteiger partial charge is 0.0479 e. The van der Waals surface area contributed by atoms with Gasteiger partial charge in [0.2, 0.25) is 0 Å². The van der Waals surface area contributed by atoms with Crippen molar-refractivity contribution in [3.8, 4) is 0 Å². The average molecular weight is 243 g/mol. The molecule has 0 aliphatic rings. The molecule has 1 aromatic rings. The quantitative estimate of drug-likeness (QED) is 0.672. The van der Waals surface area contributed by atoms with Gasteiger partial charge in [0.25, 0.3) is 0 Å². The van der Waals surface area contributed by atoms with Gasteiger partial charge in [0.15, 0.2) is 0 Å². The maximum Gasteiger partial charge on any atom is 0.0479 e. The maximum absolute atomic E-state index is 3.78. The number of aromatic nitrogens is 1. The lowest BCUT2D eigenvalue weighted by Crippen LogP contribution is -2.12. The first-order chi connectivity index (χ1) is 8.39. The number of allylic oxidation sites excluding steroid dienone is 5. The molecule has 0 atom stereocenters. The zero-order valence-corrected chi connectivity index (χ0v) is 12.3. The molecule has 1 nitrogen and oxygen atoms in total. The van der Waals surface area contributed by atoms with Crippen LogP contribution in [0, 0.1) is 5.41 Å². The molecule has 0 aliphatic heterocycles. The van der Waals surface area contributed by atoms with E-state index in [0.29, 0.717) is 5.41 Å². The highest BCUT2D eigenvalue weighted by molar-refractivity contribution is 5.73. The molecule has 0 bridgehead atoms. The fourth-order valence-corrected chi connectivity index (χ4v) is 2.10. The lowest BCUT2D eigenvalue weighted by Gasteiger charge is -2.19.